The Labute approximate surface area is 236 Å². The Hall–Kier alpha value is -3.34. The number of esters is 1. The van der Waals surface area contributed by atoms with E-state index in [0.717, 1.165) is 0 Å². The molecule has 0 spiro atoms. The lowest BCUT2D eigenvalue weighted by Crippen LogP contribution is -2.42. The number of ether oxygens (including phenoxy) is 5. The largest absolute Gasteiger partial charge is 0.514 e. The van der Waals surface area contributed by atoms with E-state index in [4.69, 9.17) is 29.4 Å². The SMILES string of the molecule is CCC(C)OC(=O)Oc1ccc(C(C(C)C(C)OC(=O)CCC(C)C)[C@H](N)C(=O)O)cc1OC(=O)OC(C)CC. The number of hydrogen-bond donors (Lipinski definition) is 2. The molecule has 0 bridgehead atoms. The van der Waals surface area contributed by atoms with E-state index in [9.17, 15) is 24.3 Å². The molecule has 5 unspecified atom stereocenters. The zero-order chi connectivity index (χ0) is 30.6. The first-order valence-electron chi connectivity index (χ1n) is 13.8. The summed E-state index contributed by atoms with van der Waals surface area (Å²) in [6.07, 6.45) is -1.57. The van der Waals surface area contributed by atoms with Gasteiger partial charge in [-0.2, -0.15) is 0 Å². The lowest BCUT2D eigenvalue weighted by Gasteiger charge is -2.32. The molecule has 1 aromatic carbocycles. The second-order valence-electron chi connectivity index (χ2n) is 10.5. The number of carboxylic acids is 1. The third-order valence-corrected chi connectivity index (χ3v) is 6.71. The van der Waals surface area contributed by atoms with Crippen molar-refractivity contribution in [3.8, 4) is 11.5 Å². The summed E-state index contributed by atoms with van der Waals surface area (Å²) >= 11 is 0. The minimum atomic E-state index is -1.39. The van der Waals surface area contributed by atoms with Gasteiger partial charge >= 0.3 is 24.2 Å². The van der Waals surface area contributed by atoms with Crippen molar-refractivity contribution < 1.29 is 48.0 Å². The standard InChI is InChI=1S/C29H45NO10/c1-9-17(5)36-28(34)39-22-13-12-21(15-23(22)40-29(35)37-18(6)10-2)25(26(30)27(32)33)19(7)20(8)38-24(31)14-11-16(3)4/h12-13,15-20,25-26H,9-11,14,30H2,1-8H3,(H,32,33)/t17?,18?,19?,20?,25?,26-/m0/s1. The molecule has 0 saturated carbocycles. The Morgan fingerprint density at radius 2 is 1.35 bits per heavy atom. The molecule has 0 amide bonds. The van der Waals surface area contributed by atoms with Gasteiger partial charge in [0.1, 0.15) is 24.4 Å². The van der Waals surface area contributed by atoms with Crippen molar-refractivity contribution in [3.63, 3.8) is 0 Å². The molecular formula is C29H45NO10. The number of carboxylic acid groups (broad SMARTS) is 1. The average Bonchev–Trinajstić information content (AvgIpc) is 2.88. The van der Waals surface area contributed by atoms with Crippen molar-refractivity contribution in [2.75, 3.05) is 0 Å². The number of benzene rings is 1. The summed E-state index contributed by atoms with van der Waals surface area (Å²) in [5, 5.41) is 9.77. The number of carbonyl (C=O) groups excluding carboxylic acids is 3. The van der Waals surface area contributed by atoms with Gasteiger partial charge in [-0.3, -0.25) is 9.59 Å². The minimum Gasteiger partial charge on any atom is -0.480 e. The maximum absolute atomic E-state index is 12.4. The quantitative estimate of drug-likeness (QED) is 0.149. The van der Waals surface area contributed by atoms with Gasteiger partial charge in [0.2, 0.25) is 0 Å². The van der Waals surface area contributed by atoms with E-state index < -0.39 is 60.4 Å². The molecule has 0 aliphatic heterocycles. The van der Waals surface area contributed by atoms with Crippen molar-refractivity contribution in [1.29, 1.82) is 0 Å². The maximum Gasteiger partial charge on any atom is 0.514 e. The van der Waals surface area contributed by atoms with E-state index in [2.05, 4.69) is 0 Å². The van der Waals surface area contributed by atoms with Gasteiger partial charge in [0.05, 0.1) is 0 Å². The summed E-state index contributed by atoms with van der Waals surface area (Å²) in [6, 6.07) is 2.83. The van der Waals surface area contributed by atoms with E-state index in [0.29, 0.717) is 30.7 Å². The van der Waals surface area contributed by atoms with Crippen LogP contribution in [0.2, 0.25) is 0 Å². The van der Waals surface area contributed by atoms with Crippen molar-refractivity contribution in [2.24, 2.45) is 17.6 Å². The van der Waals surface area contributed by atoms with Gasteiger partial charge in [-0.25, -0.2) is 9.59 Å². The van der Waals surface area contributed by atoms with Crippen LogP contribution in [0.15, 0.2) is 18.2 Å². The zero-order valence-corrected chi connectivity index (χ0v) is 24.8. The third-order valence-electron chi connectivity index (χ3n) is 6.71. The molecule has 1 rings (SSSR count). The van der Waals surface area contributed by atoms with Crippen LogP contribution < -0.4 is 15.2 Å². The van der Waals surface area contributed by atoms with E-state index >= 15 is 0 Å². The highest BCUT2D eigenvalue weighted by Crippen LogP contribution is 2.37. The molecule has 0 heterocycles. The van der Waals surface area contributed by atoms with Crippen LogP contribution in [0, 0.1) is 11.8 Å². The fourth-order valence-corrected chi connectivity index (χ4v) is 3.68. The van der Waals surface area contributed by atoms with Crippen molar-refractivity contribution in [2.45, 2.75) is 111 Å². The summed E-state index contributed by atoms with van der Waals surface area (Å²) in [7, 11) is 0. The van der Waals surface area contributed by atoms with Crippen LogP contribution in [0.4, 0.5) is 9.59 Å². The molecule has 0 aromatic heterocycles. The Kier molecular flexibility index (Phi) is 14.5. The van der Waals surface area contributed by atoms with Gasteiger partial charge < -0.3 is 34.5 Å². The molecule has 1 aromatic rings. The number of rotatable bonds is 15. The van der Waals surface area contributed by atoms with Crippen LogP contribution in [0.5, 0.6) is 11.5 Å². The molecule has 0 radical (unpaired) electrons. The molecule has 11 heteroatoms. The first kappa shape index (κ1) is 34.7. The highest BCUT2D eigenvalue weighted by atomic mass is 16.7. The predicted octanol–water partition coefficient (Wildman–Crippen LogP) is 5.81. The first-order valence-corrected chi connectivity index (χ1v) is 13.8. The lowest BCUT2D eigenvalue weighted by atomic mass is 9.79. The molecule has 0 aliphatic carbocycles. The maximum atomic E-state index is 12.4. The van der Waals surface area contributed by atoms with E-state index in [1.807, 2.05) is 27.7 Å². The molecule has 11 nitrogen and oxygen atoms in total. The van der Waals surface area contributed by atoms with E-state index in [1.165, 1.54) is 18.2 Å². The Morgan fingerprint density at radius 1 is 0.825 bits per heavy atom. The van der Waals surface area contributed by atoms with Gasteiger partial charge in [-0.1, -0.05) is 40.7 Å². The molecule has 6 atom stereocenters. The van der Waals surface area contributed by atoms with Gasteiger partial charge in [0.25, 0.3) is 0 Å². The summed E-state index contributed by atoms with van der Waals surface area (Å²) in [4.78, 5) is 49.1. The molecule has 40 heavy (non-hydrogen) atoms. The number of carbonyl (C=O) groups is 4. The van der Waals surface area contributed by atoms with Crippen LogP contribution in [0.25, 0.3) is 0 Å². The minimum absolute atomic E-state index is 0.137. The van der Waals surface area contributed by atoms with Crippen LogP contribution in [-0.4, -0.2) is 53.7 Å². The predicted molar refractivity (Wildman–Crippen MR) is 147 cm³/mol. The highest BCUT2D eigenvalue weighted by molar-refractivity contribution is 5.75. The zero-order valence-electron chi connectivity index (χ0n) is 24.8. The highest BCUT2D eigenvalue weighted by Gasteiger charge is 2.36. The van der Waals surface area contributed by atoms with Crippen LogP contribution in [0.3, 0.4) is 0 Å². The smallest absolute Gasteiger partial charge is 0.480 e. The third kappa shape index (κ3) is 11.4. The lowest BCUT2D eigenvalue weighted by molar-refractivity contribution is -0.151. The van der Waals surface area contributed by atoms with E-state index in [1.54, 1.807) is 27.7 Å². The van der Waals surface area contributed by atoms with Gasteiger partial charge in [0, 0.05) is 18.3 Å². The summed E-state index contributed by atoms with van der Waals surface area (Å²) in [5.74, 6) is -3.11. The number of nitrogens with two attached hydrogens (primary N) is 1. The fraction of sp³-hybridized carbons (Fsp3) is 0.655. The Balaban J connectivity index is 3.41. The van der Waals surface area contributed by atoms with Gasteiger partial charge in [-0.05, 0) is 63.6 Å². The first-order chi connectivity index (χ1) is 18.7. The normalized spacial score (nSPS) is 15.7. The van der Waals surface area contributed by atoms with Crippen molar-refractivity contribution >= 4 is 24.2 Å². The number of aliphatic carboxylic acids is 1. The van der Waals surface area contributed by atoms with Crippen LogP contribution in [0.1, 0.15) is 92.6 Å². The van der Waals surface area contributed by atoms with Crippen molar-refractivity contribution in [1.82, 2.24) is 0 Å². The van der Waals surface area contributed by atoms with Crippen LogP contribution in [-0.2, 0) is 23.8 Å². The molecule has 0 fully saturated rings. The molecular weight excluding hydrogens is 522 g/mol. The Morgan fingerprint density at radius 3 is 1.82 bits per heavy atom. The monoisotopic (exact) mass is 567 g/mol. The second-order valence-corrected chi connectivity index (χ2v) is 10.5. The van der Waals surface area contributed by atoms with Crippen molar-refractivity contribution in [3.05, 3.63) is 23.8 Å². The van der Waals surface area contributed by atoms with Gasteiger partial charge in [-0.15, -0.1) is 0 Å². The number of hydrogen-bond acceptors (Lipinski definition) is 10. The molecule has 226 valence electrons. The molecule has 0 saturated heterocycles. The Bertz CT molecular complexity index is 995. The summed E-state index contributed by atoms with van der Waals surface area (Å²) in [5.41, 5.74) is 6.47. The van der Waals surface area contributed by atoms with Crippen LogP contribution >= 0.6 is 0 Å². The molecule has 0 aliphatic rings. The molecule has 3 N–H and O–H groups in total. The second kappa shape index (κ2) is 16.7. The summed E-state index contributed by atoms with van der Waals surface area (Å²) in [6.45, 7) is 14.4. The average molecular weight is 568 g/mol. The fourth-order valence-electron chi connectivity index (χ4n) is 3.68. The van der Waals surface area contributed by atoms with E-state index in [-0.39, 0.29) is 17.9 Å². The van der Waals surface area contributed by atoms with Gasteiger partial charge in [0.15, 0.2) is 11.5 Å². The topological polar surface area (TPSA) is 161 Å². The summed E-state index contributed by atoms with van der Waals surface area (Å²) < 4.78 is 26.6.